The number of nitrogens with zero attached hydrogens (tertiary/aromatic N) is 3. The van der Waals surface area contributed by atoms with Gasteiger partial charge in [0.05, 0.1) is 6.61 Å². The topological polar surface area (TPSA) is 65.1 Å². The van der Waals surface area contributed by atoms with Gasteiger partial charge in [0.2, 0.25) is 0 Å². The number of carbonyl (C=O) groups excluding carboxylic acids is 2. The number of hydrogen-bond donors (Lipinski definition) is 1. The van der Waals surface area contributed by atoms with Crippen molar-refractivity contribution >= 4 is 12.1 Å². The molecule has 3 atom stereocenters. The van der Waals surface area contributed by atoms with Crippen molar-refractivity contribution in [2.24, 2.45) is 5.92 Å². The molecule has 3 aliphatic heterocycles. The molecule has 7 nitrogen and oxygen atoms in total. The summed E-state index contributed by atoms with van der Waals surface area (Å²) in [6.45, 7) is 6.85. The van der Waals surface area contributed by atoms with Crippen molar-refractivity contribution in [3.63, 3.8) is 0 Å². The third-order valence-electron chi connectivity index (χ3n) is 10.2. The Morgan fingerprint density at radius 2 is 1.81 bits per heavy atom. The predicted octanol–water partition coefficient (Wildman–Crippen LogP) is 4.89. The number of rotatable bonds is 3. The normalized spacial score (nSPS) is 29.7. The summed E-state index contributed by atoms with van der Waals surface area (Å²) < 4.78 is 5.39. The molecular formula is C30H44N4O3. The third-order valence-corrected chi connectivity index (χ3v) is 10.2. The zero-order valence-electron chi connectivity index (χ0n) is 22.5. The Balaban J connectivity index is 1.13. The van der Waals surface area contributed by atoms with E-state index in [0.29, 0.717) is 30.7 Å². The van der Waals surface area contributed by atoms with Crippen molar-refractivity contribution < 1.29 is 14.3 Å². The molecule has 0 radical (unpaired) electrons. The molecule has 2 saturated carbocycles. The zero-order chi connectivity index (χ0) is 25.4. The van der Waals surface area contributed by atoms with Crippen LogP contribution in [0.1, 0.15) is 82.3 Å². The van der Waals surface area contributed by atoms with Crippen LogP contribution >= 0.6 is 0 Å². The lowest BCUT2D eigenvalue weighted by Crippen LogP contribution is -2.56. The maximum atomic E-state index is 13.3. The Morgan fingerprint density at radius 1 is 1.03 bits per heavy atom. The van der Waals surface area contributed by atoms with Gasteiger partial charge < -0.3 is 24.8 Å². The fourth-order valence-electron chi connectivity index (χ4n) is 8.30. The van der Waals surface area contributed by atoms with Gasteiger partial charge in [-0.15, -0.1) is 0 Å². The van der Waals surface area contributed by atoms with Crippen LogP contribution in [-0.2, 0) is 16.7 Å². The minimum Gasteiger partial charge on any atom is -0.450 e. The summed E-state index contributed by atoms with van der Waals surface area (Å²) in [6.07, 6.45) is 11.3. The molecular weight excluding hydrogens is 464 g/mol. The fraction of sp³-hybridized carbons (Fsp3) is 0.733. The van der Waals surface area contributed by atoms with E-state index in [1.54, 1.807) is 0 Å². The lowest BCUT2D eigenvalue weighted by Gasteiger charge is -2.49. The van der Waals surface area contributed by atoms with Crippen molar-refractivity contribution in [2.75, 3.05) is 32.8 Å². The summed E-state index contributed by atoms with van der Waals surface area (Å²) in [7, 11) is 0. The Hall–Kier alpha value is -2.28. The summed E-state index contributed by atoms with van der Waals surface area (Å²) in [6, 6.07) is 10.2. The molecule has 6 rings (SSSR count). The van der Waals surface area contributed by atoms with Gasteiger partial charge in [-0.05, 0) is 88.4 Å². The SMILES string of the molecule is CCOC(=O)N1CCCC2CC(N3CCC4(CC3)CN(C(=O)NC3CCCC3)Cc3ccccc34)CC21. The summed E-state index contributed by atoms with van der Waals surface area (Å²) in [5.74, 6) is 0.601. The van der Waals surface area contributed by atoms with E-state index in [1.165, 1.54) is 36.8 Å². The maximum Gasteiger partial charge on any atom is 0.410 e. The van der Waals surface area contributed by atoms with E-state index < -0.39 is 0 Å². The standard InChI is InChI=1S/C30H44N4O3/c1-2-37-29(36)34-15-7-9-22-18-25(19-27(22)34)32-16-13-30(14-17-32)21-33(20-23-8-3-6-12-26(23)30)28(35)31-24-10-4-5-11-24/h3,6,8,12,22,24-25,27H,2,4-5,7,9-11,13-21H2,1H3,(H,31,35). The largest absolute Gasteiger partial charge is 0.450 e. The first kappa shape index (κ1) is 25.0. The molecule has 0 aromatic heterocycles. The van der Waals surface area contributed by atoms with E-state index in [4.69, 9.17) is 4.74 Å². The van der Waals surface area contributed by atoms with E-state index in [1.807, 2.05) is 11.8 Å². The van der Waals surface area contributed by atoms with E-state index in [0.717, 1.165) is 71.2 Å². The predicted molar refractivity (Wildman–Crippen MR) is 143 cm³/mol. The Bertz CT molecular complexity index is 985. The summed E-state index contributed by atoms with van der Waals surface area (Å²) in [4.78, 5) is 32.7. The number of ether oxygens (including phenoxy) is 1. The van der Waals surface area contributed by atoms with E-state index in [-0.39, 0.29) is 17.5 Å². The molecule has 37 heavy (non-hydrogen) atoms. The van der Waals surface area contributed by atoms with E-state index in [9.17, 15) is 9.59 Å². The molecule has 4 fully saturated rings. The van der Waals surface area contributed by atoms with E-state index in [2.05, 4.69) is 39.4 Å². The van der Waals surface area contributed by atoms with Crippen LogP contribution in [0.15, 0.2) is 24.3 Å². The van der Waals surface area contributed by atoms with Crippen LogP contribution in [0.2, 0.25) is 0 Å². The average molecular weight is 509 g/mol. The molecule has 1 aromatic rings. The third kappa shape index (κ3) is 4.84. The van der Waals surface area contributed by atoms with Crippen molar-refractivity contribution in [3.8, 4) is 0 Å². The van der Waals surface area contributed by atoms with Crippen LogP contribution in [0.25, 0.3) is 0 Å². The van der Waals surface area contributed by atoms with Crippen LogP contribution < -0.4 is 5.32 Å². The van der Waals surface area contributed by atoms with Gasteiger partial charge in [-0.1, -0.05) is 37.1 Å². The van der Waals surface area contributed by atoms with Crippen LogP contribution in [0.4, 0.5) is 9.59 Å². The second-order valence-electron chi connectivity index (χ2n) is 12.2. The van der Waals surface area contributed by atoms with E-state index >= 15 is 0 Å². The molecule has 3 amide bonds. The summed E-state index contributed by atoms with van der Waals surface area (Å²) >= 11 is 0. The number of benzene rings is 1. The van der Waals surface area contributed by atoms with Crippen molar-refractivity contribution in [2.45, 2.75) is 101 Å². The number of hydrogen-bond acceptors (Lipinski definition) is 4. The molecule has 5 aliphatic rings. The first-order valence-electron chi connectivity index (χ1n) is 14.9. The van der Waals surface area contributed by atoms with Crippen LogP contribution in [0.5, 0.6) is 0 Å². The fourth-order valence-corrected chi connectivity index (χ4v) is 8.30. The van der Waals surface area contributed by atoms with Gasteiger partial charge in [0.25, 0.3) is 0 Å². The second-order valence-corrected chi connectivity index (χ2v) is 12.2. The van der Waals surface area contributed by atoms with Gasteiger partial charge >= 0.3 is 12.1 Å². The van der Waals surface area contributed by atoms with Crippen LogP contribution in [0, 0.1) is 5.92 Å². The number of likely N-dealkylation sites (tertiary alicyclic amines) is 2. The zero-order valence-corrected chi connectivity index (χ0v) is 22.5. The number of piperidine rings is 2. The first-order chi connectivity index (χ1) is 18.1. The number of amides is 3. The Kier molecular flexibility index (Phi) is 7.08. The summed E-state index contributed by atoms with van der Waals surface area (Å²) in [5, 5.41) is 3.34. The highest BCUT2D eigenvalue weighted by Gasteiger charge is 2.48. The highest BCUT2D eigenvalue weighted by atomic mass is 16.6. The molecule has 2 saturated heterocycles. The van der Waals surface area contributed by atoms with Gasteiger partial charge in [0.15, 0.2) is 0 Å². The number of nitrogens with one attached hydrogen (secondary N) is 1. The Labute approximate surface area is 221 Å². The molecule has 2 aliphatic carbocycles. The Morgan fingerprint density at radius 3 is 2.59 bits per heavy atom. The molecule has 7 heteroatoms. The molecule has 1 N–H and O–H groups in total. The van der Waals surface area contributed by atoms with Crippen molar-refractivity contribution in [1.82, 2.24) is 20.0 Å². The minimum atomic E-state index is -0.120. The number of carbonyl (C=O) groups is 2. The first-order valence-corrected chi connectivity index (χ1v) is 14.9. The summed E-state index contributed by atoms with van der Waals surface area (Å²) in [5.41, 5.74) is 2.83. The smallest absolute Gasteiger partial charge is 0.410 e. The highest BCUT2D eigenvalue weighted by Crippen LogP contribution is 2.45. The van der Waals surface area contributed by atoms with Gasteiger partial charge in [0, 0.05) is 43.2 Å². The van der Waals surface area contributed by atoms with Crippen LogP contribution in [0.3, 0.4) is 0 Å². The van der Waals surface area contributed by atoms with Gasteiger partial charge in [-0.25, -0.2) is 9.59 Å². The van der Waals surface area contributed by atoms with Gasteiger partial charge in [-0.3, -0.25) is 0 Å². The number of urea groups is 1. The van der Waals surface area contributed by atoms with Crippen molar-refractivity contribution in [3.05, 3.63) is 35.4 Å². The van der Waals surface area contributed by atoms with Crippen molar-refractivity contribution in [1.29, 1.82) is 0 Å². The highest BCUT2D eigenvalue weighted by molar-refractivity contribution is 5.75. The second kappa shape index (κ2) is 10.5. The molecule has 1 aromatic carbocycles. The monoisotopic (exact) mass is 508 g/mol. The van der Waals surface area contributed by atoms with Gasteiger partial charge in [-0.2, -0.15) is 0 Å². The lowest BCUT2D eigenvalue weighted by molar-refractivity contribution is 0.0622. The molecule has 0 bridgehead atoms. The van der Waals surface area contributed by atoms with Gasteiger partial charge in [0.1, 0.15) is 0 Å². The van der Waals surface area contributed by atoms with Crippen LogP contribution in [-0.4, -0.2) is 77.7 Å². The molecule has 202 valence electrons. The average Bonchev–Trinajstić information content (AvgIpc) is 3.59. The minimum absolute atomic E-state index is 0.0424. The lowest BCUT2D eigenvalue weighted by atomic mass is 9.68. The maximum absolute atomic E-state index is 13.3. The quantitative estimate of drug-likeness (QED) is 0.632. The molecule has 1 spiro atoms. The molecule has 3 unspecified atom stereocenters. The molecule has 3 heterocycles. The number of fused-ring (bicyclic) bond motifs is 3.